The van der Waals surface area contributed by atoms with Crippen LogP contribution in [0, 0.1) is 0 Å². The molecule has 0 radical (unpaired) electrons. The Kier molecular flexibility index (Phi) is 28.4. The molecule has 0 spiro atoms. The van der Waals surface area contributed by atoms with E-state index in [4.69, 9.17) is 17.5 Å². The predicted octanol–water partition coefficient (Wildman–Crippen LogP) is -1.79. The predicted molar refractivity (Wildman–Crippen MR) is 33.5 cm³/mol. The molecule has 5 nitrogen and oxygen atoms in total. The summed E-state index contributed by atoms with van der Waals surface area (Å²) >= 11 is 0. The molecule has 0 unspecified atom stereocenters. The third kappa shape index (κ3) is 62.1. The number of rotatable bonds is 0. The van der Waals surface area contributed by atoms with Gasteiger partial charge in [0.25, 0.3) is 0 Å². The molecule has 0 fully saturated rings. The molecule has 0 aromatic heterocycles. The monoisotopic (exact) mass is 195 g/mol. The summed E-state index contributed by atoms with van der Waals surface area (Å²) in [6, 6.07) is 0. The van der Waals surface area contributed by atoms with Crippen molar-refractivity contribution in [1.29, 1.82) is 0 Å². The van der Waals surface area contributed by atoms with E-state index in [0.717, 1.165) is 0 Å². The summed E-state index contributed by atoms with van der Waals surface area (Å²) in [6.07, 6.45) is 0. The van der Waals surface area contributed by atoms with Gasteiger partial charge in [0, 0.05) is 0 Å². The Morgan fingerprint density at radius 3 is 1.00 bits per heavy atom. The zero-order valence-corrected chi connectivity index (χ0v) is 3.64. The summed E-state index contributed by atoms with van der Waals surface area (Å²) < 4.78 is 31.6. The third-order valence-corrected chi connectivity index (χ3v) is 0. The minimum atomic E-state index is -4.67. The van der Waals surface area contributed by atoms with Crippen LogP contribution in [0.3, 0.4) is 0 Å². The van der Waals surface area contributed by atoms with Crippen LogP contribution < -0.4 is 6.15 Å². The fourth-order valence-electron chi connectivity index (χ4n) is 0. The van der Waals surface area contributed by atoms with Gasteiger partial charge in [-0.25, -0.2) is 0 Å². The van der Waals surface area contributed by atoms with Crippen LogP contribution in [0.5, 0.6) is 0 Å². The summed E-state index contributed by atoms with van der Waals surface area (Å²) in [5.41, 5.74) is 0. The fourth-order valence-corrected chi connectivity index (χ4v) is 0. The van der Waals surface area contributed by atoms with Crippen LogP contribution >= 0.6 is 0 Å². The van der Waals surface area contributed by atoms with Crippen molar-refractivity contribution >= 4 is 113 Å². The standard InChI is InChI=1S/2K.H3N.H2O4S.2H/c;;;1-5(2,3)4;;/h;;1H3;(H2,1,2,3,4);;. The van der Waals surface area contributed by atoms with E-state index in [1.165, 1.54) is 0 Å². The minimum absolute atomic E-state index is 0. The summed E-state index contributed by atoms with van der Waals surface area (Å²) in [6.45, 7) is 0. The van der Waals surface area contributed by atoms with Crippen molar-refractivity contribution < 1.29 is 17.5 Å². The van der Waals surface area contributed by atoms with Crippen LogP contribution in [0.25, 0.3) is 0 Å². The van der Waals surface area contributed by atoms with E-state index in [0.29, 0.717) is 0 Å². The summed E-state index contributed by atoms with van der Waals surface area (Å²) in [5.74, 6) is 0. The van der Waals surface area contributed by atoms with E-state index in [2.05, 4.69) is 0 Å². The van der Waals surface area contributed by atoms with Crippen molar-refractivity contribution in [2.45, 2.75) is 0 Å². The third-order valence-electron chi connectivity index (χ3n) is 0. The van der Waals surface area contributed by atoms with Crippen molar-refractivity contribution in [3.63, 3.8) is 0 Å². The molecule has 0 saturated heterocycles. The van der Waals surface area contributed by atoms with Crippen molar-refractivity contribution in [2.24, 2.45) is 0 Å². The second-order valence-electron chi connectivity index (χ2n) is 0.448. The van der Waals surface area contributed by atoms with Gasteiger partial charge in [0.1, 0.15) is 0 Å². The van der Waals surface area contributed by atoms with E-state index in [1.54, 1.807) is 0 Å². The summed E-state index contributed by atoms with van der Waals surface area (Å²) in [7, 11) is -4.67. The zero-order chi connectivity index (χ0) is 4.50. The van der Waals surface area contributed by atoms with Crippen LogP contribution in [0.4, 0.5) is 0 Å². The first kappa shape index (κ1) is 22.5. The maximum absolute atomic E-state index is 8.74. The van der Waals surface area contributed by atoms with Crippen LogP contribution in [0.1, 0.15) is 0 Å². The SMILES string of the molecule is N.O=S(=O)(O)O.[KH].[KH]. The van der Waals surface area contributed by atoms with Gasteiger partial charge >= 0.3 is 113 Å². The van der Waals surface area contributed by atoms with Gasteiger partial charge in [-0.2, -0.15) is 8.42 Å². The first-order valence-corrected chi connectivity index (χ1v) is 2.10. The molecule has 0 aliphatic carbocycles. The first-order chi connectivity index (χ1) is 2.00. The Bertz CT molecular complexity index is 97.2. The molecule has 0 saturated carbocycles. The topological polar surface area (TPSA) is 110 Å². The van der Waals surface area contributed by atoms with E-state index < -0.39 is 10.4 Å². The second kappa shape index (κ2) is 10.1. The molecule has 44 valence electrons. The van der Waals surface area contributed by atoms with Crippen LogP contribution in [0.15, 0.2) is 0 Å². The zero-order valence-electron chi connectivity index (χ0n) is 2.83. The Balaban J connectivity index is -0.0000000267. The van der Waals surface area contributed by atoms with Gasteiger partial charge in [0.15, 0.2) is 0 Å². The summed E-state index contributed by atoms with van der Waals surface area (Å²) in [4.78, 5) is 0. The van der Waals surface area contributed by atoms with Crippen LogP contribution in [0.2, 0.25) is 0 Å². The van der Waals surface area contributed by atoms with E-state index >= 15 is 0 Å². The average Bonchev–Trinajstić information content (AvgIpc) is 0.722. The molecule has 0 aromatic carbocycles. The summed E-state index contributed by atoms with van der Waals surface area (Å²) in [5, 5.41) is 0. The Hall–Kier alpha value is 3.10. The molecule has 5 N–H and O–H groups in total. The molecule has 0 rings (SSSR count). The van der Waals surface area contributed by atoms with Gasteiger partial charge < -0.3 is 6.15 Å². The molecular weight excluding hydrogens is 188 g/mol. The molecule has 0 heterocycles. The van der Waals surface area contributed by atoms with Gasteiger partial charge in [0.2, 0.25) is 0 Å². The molecule has 8 heavy (non-hydrogen) atoms. The average molecular weight is 195 g/mol. The molecule has 0 amide bonds. The van der Waals surface area contributed by atoms with E-state index in [1.807, 2.05) is 0 Å². The van der Waals surface area contributed by atoms with Gasteiger partial charge in [-0.05, 0) is 0 Å². The molecule has 0 bridgehead atoms. The quantitative estimate of drug-likeness (QED) is 0.312. The maximum atomic E-state index is 8.74. The van der Waals surface area contributed by atoms with Gasteiger partial charge in [-0.15, -0.1) is 0 Å². The number of hydrogen-bond donors (Lipinski definition) is 3. The van der Waals surface area contributed by atoms with Crippen molar-refractivity contribution in [1.82, 2.24) is 6.15 Å². The molecule has 0 aliphatic heterocycles. The Morgan fingerprint density at radius 1 is 1.00 bits per heavy atom. The molecule has 0 atom stereocenters. The number of hydrogen-bond acceptors (Lipinski definition) is 3. The van der Waals surface area contributed by atoms with Gasteiger partial charge in [-0.1, -0.05) is 0 Å². The van der Waals surface area contributed by atoms with Crippen molar-refractivity contribution in [3.8, 4) is 0 Å². The van der Waals surface area contributed by atoms with Crippen LogP contribution in [-0.4, -0.2) is 120 Å². The van der Waals surface area contributed by atoms with Gasteiger partial charge in [-0.3, -0.25) is 9.11 Å². The van der Waals surface area contributed by atoms with E-state index in [-0.39, 0.29) is 109 Å². The second-order valence-corrected chi connectivity index (χ2v) is 1.34. The normalized spacial score (nSPS) is 7.25. The van der Waals surface area contributed by atoms with Crippen LogP contribution in [-0.2, 0) is 10.4 Å². The first-order valence-electron chi connectivity index (χ1n) is 0.698. The Morgan fingerprint density at radius 2 is 1.00 bits per heavy atom. The molecule has 0 aromatic rings. The van der Waals surface area contributed by atoms with Crippen molar-refractivity contribution in [2.75, 3.05) is 0 Å². The molecule has 0 aliphatic rings. The van der Waals surface area contributed by atoms with Gasteiger partial charge in [0.05, 0.1) is 0 Å². The molecular formula is H7K2NO4S. The Labute approximate surface area is 133 Å². The fraction of sp³-hybridized carbons (Fsp3) is 0. The van der Waals surface area contributed by atoms with E-state index in [9.17, 15) is 0 Å². The molecule has 8 heteroatoms. The van der Waals surface area contributed by atoms with Crippen molar-refractivity contribution in [3.05, 3.63) is 0 Å².